The molecule has 2 saturated carbocycles. The van der Waals surface area contributed by atoms with Crippen LogP contribution < -0.4 is 5.32 Å². The third kappa shape index (κ3) is 3.52. The molecular weight excluding hydrogens is 356 g/mol. The summed E-state index contributed by atoms with van der Waals surface area (Å²) < 4.78 is 0. The van der Waals surface area contributed by atoms with Gasteiger partial charge in [0.15, 0.2) is 0 Å². The maximum atomic E-state index is 12.4. The van der Waals surface area contributed by atoms with Crippen LogP contribution in [0.3, 0.4) is 0 Å². The van der Waals surface area contributed by atoms with Crippen molar-refractivity contribution in [3.05, 3.63) is 0 Å². The van der Waals surface area contributed by atoms with Gasteiger partial charge in [-0.15, -0.1) is 0 Å². The number of aliphatic hydroxyl groups excluding tert-OH is 1. The Kier molecular flexibility index (Phi) is 5.41. The van der Waals surface area contributed by atoms with Gasteiger partial charge in [0.25, 0.3) is 0 Å². The summed E-state index contributed by atoms with van der Waals surface area (Å²) in [4.78, 5) is 49.1. The third-order valence-electron chi connectivity index (χ3n) is 6.33. The Labute approximate surface area is 156 Å². The maximum Gasteiger partial charge on any atom is 0.309 e. The van der Waals surface area contributed by atoms with Gasteiger partial charge in [0, 0.05) is 13.1 Å². The van der Waals surface area contributed by atoms with Crippen LogP contribution in [0.25, 0.3) is 0 Å². The van der Waals surface area contributed by atoms with E-state index in [-0.39, 0.29) is 31.8 Å². The van der Waals surface area contributed by atoms with Crippen molar-refractivity contribution in [3.8, 4) is 0 Å². The third-order valence-corrected chi connectivity index (χ3v) is 6.33. The number of aliphatic carboxylic acids is 2. The number of hydrogen-bond donors (Lipinski definition) is 4. The normalized spacial score (nSPS) is 35.7. The minimum absolute atomic E-state index is 0.108. The highest BCUT2D eigenvalue weighted by atomic mass is 16.4. The van der Waals surface area contributed by atoms with E-state index in [9.17, 15) is 34.5 Å². The summed E-state index contributed by atoms with van der Waals surface area (Å²) in [5, 5.41) is 31.1. The van der Waals surface area contributed by atoms with Crippen LogP contribution >= 0.6 is 0 Å². The van der Waals surface area contributed by atoms with Gasteiger partial charge >= 0.3 is 11.9 Å². The molecule has 1 saturated heterocycles. The lowest BCUT2D eigenvalue weighted by molar-refractivity contribution is -0.150. The highest BCUT2D eigenvalue weighted by Crippen LogP contribution is 2.50. The number of nitrogens with zero attached hydrogens (tertiary/aromatic N) is 1. The molecule has 0 aromatic carbocycles. The zero-order valence-corrected chi connectivity index (χ0v) is 15.1. The van der Waals surface area contributed by atoms with Gasteiger partial charge in [-0.1, -0.05) is 12.8 Å². The molecule has 0 radical (unpaired) electrons. The van der Waals surface area contributed by atoms with E-state index < -0.39 is 47.2 Å². The molecule has 2 aliphatic carbocycles. The van der Waals surface area contributed by atoms with Crippen molar-refractivity contribution in [2.45, 2.75) is 56.6 Å². The molecule has 5 unspecified atom stereocenters. The minimum Gasteiger partial charge on any atom is -0.481 e. The van der Waals surface area contributed by atoms with E-state index in [1.165, 1.54) is 4.90 Å². The average Bonchev–Trinajstić information content (AvgIpc) is 3.16. The molecule has 9 heteroatoms. The smallest absolute Gasteiger partial charge is 0.309 e. The second-order valence-corrected chi connectivity index (χ2v) is 7.83. The Balaban J connectivity index is 1.55. The summed E-state index contributed by atoms with van der Waals surface area (Å²) in [6.45, 7) is 0.346. The Morgan fingerprint density at radius 2 is 1.81 bits per heavy atom. The van der Waals surface area contributed by atoms with Crippen molar-refractivity contribution < 1.29 is 34.5 Å². The highest BCUT2D eigenvalue weighted by molar-refractivity contribution is 6.06. The molecule has 3 aliphatic rings. The first-order valence-corrected chi connectivity index (χ1v) is 9.52. The number of nitrogens with one attached hydrogen (secondary N) is 1. The first-order chi connectivity index (χ1) is 12.8. The molecule has 1 heterocycles. The summed E-state index contributed by atoms with van der Waals surface area (Å²) >= 11 is 0. The molecule has 3 fully saturated rings. The molecule has 5 atom stereocenters. The number of aliphatic hydroxyl groups is 1. The van der Waals surface area contributed by atoms with Crippen LogP contribution in [-0.2, 0) is 19.2 Å². The average molecular weight is 382 g/mol. The fourth-order valence-electron chi connectivity index (χ4n) is 4.84. The lowest BCUT2D eigenvalue weighted by atomic mass is 9.77. The predicted molar refractivity (Wildman–Crippen MR) is 91.5 cm³/mol. The van der Waals surface area contributed by atoms with Gasteiger partial charge in [0.2, 0.25) is 11.8 Å². The number of carboxylic acids is 2. The molecular formula is C18H26N2O7. The monoisotopic (exact) mass is 382 g/mol. The number of carboxylic acid groups (broad SMARTS) is 2. The van der Waals surface area contributed by atoms with Crippen LogP contribution in [0.5, 0.6) is 0 Å². The first-order valence-electron chi connectivity index (χ1n) is 9.52. The summed E-state index contributed by atoms with van der Waals surface area (Å²) in [5.74, 6) is -4.96. The molecule has 0 bridgehead atoms. The van der Waals surface area contributed by atoms with Gasteiger partial charge in [-0.25, -0.2) is 0 Å². The lowest BCUT2D eigenvalue weighted by Gasteiger charge is -2.30. The Hall–Kier alpha value is -2.16. The second kappa shape index (κ2) is 7.46. The Morgan fingerprint density at radius 1 is 1.07 bits per heavy atom. The topological polar surface area (TPSA) is 144 Å². The first kappa shape index (κ1) is 19.6. The molecule has 0 aromatic heterocycles. The molecule has 9 nitrogen and oxygen atoms in total. The van der Waals surface area contributed by atoms with Gasteiger partial charge in [-0.05, 0) is 32.1 Å². The van der Waals surface area contributed by atoms with Gasteiger partial charge in [0.05, 0.1) is 23.9 Å². The van der Waals surface area contributed by atoms with Crippen molar-refractivity contribution in [3.63, 3.8) is 0 Å². The molecule has 3 rings (SSSR count). The van der Waals surface area contributed by atoms with Gasteiger partial charge < -0.3 is 25.5 Å². The Bertz CT molecular complexity index is 652. The van der Waals surface area contributed by atoms with E-state index in [0.717, 1.165) is 12.8 Å². The fourth-order valence-corrected chi connectivity index (χ4v) is 4.84. The molecule has 0 aromatic rings. The molecule has 4 N–H and O–H groups in total. The number of carbonyl (C=O) groups is 4. The molecule has 1 aliphatic heterocycles. The van der Waals surface area contributed by atoms with Crippen molar-refractivity contribution in [2.75, 3.05) is 13.1 Å². The summed E-state index contributed by atoms with van der Waals surface area (Å²) in [6, 6.07) is 0. The van der Waals surface area contributed by atoms with Crippen LogP contribution in [0, 0.1) is 17.8 Å². The van der Waals surface area contributed by atoms with Crippen molar-refractivity contribution in [1.82, 2.24) is 10.2 Å². The number of carbonyl (C=O) groups excluding carboxylic acids is 2. The van der Waals surface area contributed by atoms with Crippen LogP contribution in [0.15, 0.2) is 0 Å². The summed E-state index contributed by atoms with van der Waals surface area (Å²) in [6.07, 6.45) is 2.63. The highest BCUT2D eigenvalue weighted by Gasteiger charge is 2.68. The molecule has 1 spiro atoms. The molecule has 150 valence electrons. The zero-order chi connectivity index (χ0) is 19.8. The van der Waals surface area contributed by atoms with Crippen LogP contribution in [-0.4, -0.2) is 68.7 Å². The molecule has 27 heavy (non-hydrogen) atoms. The van der Waals surface area contributed by atoms with Crippen LogP contribution in [0.1, 0.15) is 44.9 Å². The second-order valence-electron chi connectivity index (χ2n) is 7.83. The fraction of sp³-hybridized carbons (Fsp3) is 0.778. The minimum atomic E-state index is -1.05. The van der Waals surface area contributed by atoms with Crippen LogP contribution in [0.4, 0.5) is 0 Å². The van der Waals surface area contributed by atoms with E-state index in [1.54, 1.807) is 0 Å². The number of amides is 2. The predicted octanol–water partition coefficient (Wildman–Crippen LogP) is -0.180. The van der Waals surface area contributed by atoms with E-state index in [4.69, 9.17) is 0 Å². The van der Waals surface area contributed by atoms with Crippen molar-refractivity contribution >= 4 is 23.8 Å². The summed E-state index contributed by atoms with van der Waals surface area (Å²) in [7, 11) is 0. The standard InChI is InChI=1S/C18H26N2O7/c21-10-4-5-11(15(23)24)12(9-10)14(22)19-7-8-20-17(27)18(20)6-2-1-3-13(18)16(25)26/h10-13,21H,1-9H2,(H,19,22)(H,23,24)(H,25,26). The zero-order valence-electron chi connectivity index (χ0n) is 15.1. The largest absolute Gasteiger partial charge is 0.481 e. The van der Waals surface area contributed by atoms with Crippen LogP contribution in [0.2, 0.25) is 0 Å². The van der Waals surface area contributed by atoms with E-state index in [0.29, 0.717) is 19.3 Å². The van der Waals surface area contributed by atoms with Crippen molar-refractivity contribution in [2.24, 2.45) is 17.8 Å². The molecule has 2 amide bonds. The van der Waals surface area contributed by atoms with E-state index >= 15 is 0 Å². The SMILES string of the molecule is O=C(O)C1CCC(O)CC1C(=O)NCCN1C(=O)C12CCCCC2C(=O)O. The van der Waals surface area contributed by atoms with Gasteiger partial charge in [0.1, 0.15) is 5.54 Å². The Morgan fingerprint density at radius 3 is 2.48 bits per heavy atom. The quantitative estimate of drug-likeness (QED) is 0.466. The maximum absolute atomic E-state index is 12.4. The van der Waals surface area contributed by atoms with E-state index in [1.807, 2.05) is 0 Å². The summed E-state index contributed by atoms with van der Waals surface area (Å²) in [5.41, 5.74) is -0.931. The number of hydrogen-bond acceptors (Lipinski definition) is 5. The van der Waals surface area contributed by atoms with E-state index in [2.05, 4.69) is 5.32 Å². The lowest BCUT2D eigenvalue weighted by Crippen LogP contribution is -2.44. The van der Waals surface area contributed by atoms with Crippen molar-refractivity contribution in [1.29, 1.82) is 0 Å². The van der Waals surface area contributed by atoms with Gasteiger partial charge in [-0.3, -0.25) is 19.2 Å². The van der Waals surface area contributed by atoms with Gasteiger partial charge in [-0.2, -0.15) is 0 Å². The number of rotatable bonds is 6.